The molecule has 0 aliphatic heterocycles. The van der Waals surface area contributed by atoms with Crippen molar-refractivity contribution in [3.63, 3.8) is 0 Å². The molecule has 0 radical (unpaired) electrons. The molecule has 0 aromatic heterocycles. The Labute approximate surface area is 122 Å². The normalized spacial score (nSPS) is 9.90. The first-order valence-corrected chi connectivity index (χ1v) is 7.34. The highest BCUT2D eigenvalue weighted by atomic mass is 32.2. The van der Waals surface area contributed by atoms with E-state index < -0.39 is 0 Å². The second kappa shape index (κ2) is 7.74. The molecule has 2 aromatic rings. The fraction of sp³-hybridized carbons (Fsp3) is 0.176. The highest BCUT2D eigenvalue weighted by molar-refractivity contribution is 7.98. The van der Waals surface area contributed by atoms with Crippen LogP contribution in [0.2, 0.25) is 0 Å². The Morgan fingerprint density at radius 1 is 1.05 bits per heavy atom. The van der Waals surface area contributed by atoms with E-state index in [0.717, 1.165) is 16.9 Å². The molecule has 2 rings (SSSR count). The van der Waals surface area contributed by atoms with E-state index in [0.29, 0.717) is 11.3 Å². The average molecular weight is 286 g/mol. The molecule has 0 aliphatic carbocycles. The van der Waals surface area contributed by atoms with Crippen molar-refractivity contribution >= 4 is 11.8 Å². The maximum atomic E-state index is 13.5. The standard InChI is InChI=1S/C17H15FOS/c18-16-6-1-2-7-17(16)20-13-15-10-8-14(9-11-15)5-3-4-12-19/h1-2,6-11,19H,4,12-13H2. The van der Waals surface area contributed by atoms with Gasteiger partial charge in [0.2, 0.25) is 0 Å². The molecule has 0 aliphatic rings. The fourth-order valence-electron chi connectivity index (χ4n) is 1.63. The monoisotopic (exact) mass is 286 g/mol. The van der Waals surface area contributed by atoms with E-state index in [-0.39, 0.29) is 12.4 Å². The third kappa shape index (κ3) is 4.41. The summed E-state index contributed by atoms with van der Waals surface area (Å²) >= 11 is 1.48. The number of halogens is 1. The number of aliphatic hydroxyl groups is 1. The summed E-state index contributed by atoms with van der Waals surface area (Å²) in [5, 5.41) is 8.65. The van der Waals surface area contributed by atoms with Gasteiger partial charge in [-0.2, -0.15) is 0 Å². The zero-order valence-electron chi connectivity index (χ0n) is 11.0. The Bertz CT molecular complexity index is 611. The predicted octanol–water partition coefficient (Wildman–Crippen LogP) is 3.85. The molecule has 0 amide bonds. The van der Waals surface area contributed by atoms with Crippen molar-refractivity contribution in [2.45, 2.75) is 17.1 Å². The number of hydrogen-bond donors (Lipinski definition) is 1. The molecule has 2 aromatic carbocycles. The van der Waals surface area contributed by atoms with Crippen LogP contribution < -0.4 is 0 Å². The van der Waals surface area contributed by atoms with Crippen molar-refractivity contribution < 1.29 is 9.50 Å². The average Bonchev–Trinajstić information content (AvgIpc) is 2.48. The van der Waals surface area contributed by atoms with Gasteiger partial charge in [0.15, 0.2) is 0 Å². The molecule has 0 heterocycles. The molecular weight excluding hydrogens is 271 g/mol. The number of aliphatic hydroxyl groups excluding tert-OH is 1. The number of benzene rings is 2. The van der Waals surface area contributed by atoms with E-state index >= 15 is 0 Å². The first kappa shape index (κ1) is 14.6. The molecule has 1 nitrogen and oxygen atoms in total. The van der Waals surface area contributed by atoms with Crippen LogP contribution in [0.15, 0.2) is 53.4 Å². The van der Waals surface area contributed by atoms with Crippen LogP contribution in [-0.2, 0) is 5.75 Å². The van der Waals surface area contributed by atoms with E-state index in [1.807, 2.05) is 30.3 Å². The van der Waals surface area contributed by atoms with Gasteiger partial charge in [-0.05, 0) is 29.8 Å². The smallest absolute Gasteiger partial charge is 0.136 e. The minimum absolute atomic E-state index is 0.0877. The van der Waals surface area contributed by atoms with Gasteiger partial charge in [0.05, 0.1) is 6.61 Å². The molecule has 0 atom stereocenters. The Morgan fingerprint density at radius 2 is 1.80 bits per heavy atom. The molecule has 102 valence electrons. The van der Waals surface area contributed by atoms with Crippen molar-refractivity contribution in [1.29, 1.82) is 0 Å². The number of hydrogen-bond acceptors (Lipinski definition) is 2. The molecule has 20 heavy (non-hydrogen) atoms. The summed E-state index contributed by atoms with van der Waals surface area (Å²) in [6.07, 6.45) is 0.491. The van der Waals surface area contributed by atoms with Crippen LogP contribution >= 0.6 is 11.8 Å². The van der Waals surface area contributed by atoms with Gasteiger partial charge in [0, 0.05) is 22.6 Å². The number of thioether (sulfide) groups is 1. The maximum absolute atomic E-state index is 13.5. The van der Waals surface area contributed by atoms with Crippen LogP contribution in [0.25, 0.3) is 0 Å². The Hall–Kier alpha value is -1.76. The van der Waals surface area contributed by atoms with Gasteiger partial charge in [-0.3, -0.25) is 0 Å². The van der Waals surface area contributed by atoms with E-state index in [1.165, 1.54) is 17.8 Å². The lowest BCUT2D eigenvalue weighted by Gasteiger charge is -2.03. The summed E-state index contributed by atoms with van der Waals surface area (Å²) < 4.78 is 13.5. The van der Waals surface area contributed by atoms with Crippen molar-refractivity contribution in [2.75, 3.05) is 6.61 Å². The molecular formula is C17H15FOS. The zero-order chi connectivity index (χ0) is 14.2. The molecule has 0 spiro atoms. The highest BCUT2D eigenvalue weighted by Gasteiger charge is 2.01. The first-order chi connectivity index (χ1) is 9.79. The van der Waals surface area contributed by atoms with Gasteiger partial charge in [-0.15, -0.1) is 11.8 Å². The summed E-state index contributed by atoms with van der Waals surface area (Å²) in [6.45, 7) is 0.0877. The number of rotatable bonds is 4. The molecule has 0 bridgehead atoms. The van der Waals surface area contributed by atoms with E-state index in [4.69, 9.17) is 5.11 Å². The Morgan fingerprint density at radius 3 is 2.50 bits per heavy atom. The van der Waals surface area contributed by atoms with Gasteiger partial charge in [-0.25, -0.2) is 4.39 Å². The molecule has 0 saturated heterocycles. The molecule has 0 saturated carbocycles. The maximum Gasteiger partial charge on any atom is 0.136 e. The molecule has 0 fully saturated rings. The zero-order valence-corrected chi connectivity index (χ0v) is 11.8. The van der Waals surface area contributed by atoms with Gasteiger partial charge < -0.3 is 5.11 Å². The van der Waals surface area contributed by atoms with Crippen LogP contribution in [0.4, 0.5) is 4.39 Å². The van der Waals surface area contributed by atoms with Crippen molar-refractivity contribution in [2.24, 2.45) is 0 Å². The lowest BCUT2D eigenvalue weighted by atomic mass is 10.1. The summed E-state index contributed by atoms with van der Waals surface area (Å²) in [7, 11) is 0. The van der Waals surface area contributed by atoms with Crippen molar-refractivity contribution in [3.05, 3.63) is 65.5 Å². The minimum Gasteiger partial charge on any atom is -0.395 e. The molecule has 1 N–H and O–H groups in total. The third-order valence-corrected chi connectivity index (χ3v) is 3.77. The second-order valence-electron chi connectivity index (χ2n) is 4.19. The van der Waals surface area contributed by atoms with E-state index in [9.17, 15) is 4.39 Å². The first-order valence-electron chi connectivity index (χ1n) is 6.35. The summed E-state index contributed by atoms with van der Waals surface area (Å²) in [5.74, 6) is 6.41. The van der Waals surface area contributed by atoms with Gasteiger partial charge in [0.25, 0.3) is 0 Å². The van der Waals surface area contributed by atoms with Crippen molar-refractivity contribution in [1.82, 2.24) is 0 Å². The molecule has 0 unspecified atom stereocenters. The van der Waals surface area contributed by atoms with Crippen LogP contribution in [0, 0.1) is 17.7 Å². The minimum atomic E-state index is -0.177. The van der Waals surface area contributed by atoms with Crippen LogP contribution in [0.3, 0.4) is 0 Å². The largest absolute Gasteiger partial charge is 0.395 e. The van der Waals surface area contributed by atoms with Gasteiger partial charge >= 0.3 is 0 Å². The van der Waals surface area contributed by atoms with Gasteiger partial charge in [0.1, 0.15) is 5.82 Å². The highest BCUT2D eigenvalue weighted by Crippen LogP contribution is 2.25. The van der Waals surface area contributed by atoms with Crippen LogP contribution in [-0.4, -0.2) is 11.7 Å². The van der Waals surface area contributed by atoms with Crippen LogP contribution in [0.1, 0.15) is 17.5 Å². The van der Waals surface area contributed by atoms with Gasteiger partial charge in [-0.1, -0.05) is 36.1 Å². The summed E-state index contributed by atoms with van der Waals surface area (Å²) in [4.78, 5) is 0.666. The lowest BCUT2D eigenvalue weighted by molar-refractivity contribution is 0.305. The summed E-state index contributed by atoms with van der Waals surface area (Å²) in [5.41, 5.74) is 2.06. The second-order valence-corrected chi connectivity index (χ2v) is 5.21. The van der Waals surface area contributed by atoms with E-state index in [2.05, 4.69) is 11.8 Å². The van der Waals surface area contributed by atoms with Crippen molar-refractivity contribution in [3.8, 4) is 11.8 Å². The van der Waals surface area contributed by atoms with E-state index in [1.54, 1.807) is 12.1 Å². The topological polar surface area (TPSA) is 20.2 Å². The predicted molar refractivity (Wildman–Crippen MR) is 81.0 cm³/mol. The fourth-order valence-corrected chi connectivity index (χ4v) is 2.52. The Kier molecular flexibility index (Phi) is 5.67. The molecule has 3 heteroatoms. The SMILES string of the molecule is OCCC#Cc1ccc(CSc2ccccc2F)cc1. The Balaban J connectivity index is 1.95. The lowest BCUT2D eigenvalue weighted by Crippen LogP contribution is -1.84. The third-order valence-electron chi connectivity index (χ3n) is 2.65. The van der Waals surface area contributed by atoms with Crippen LogP contribution in [0.5, 0.6) is 0 Å². The quantitative estimate of drug-likeness (QED) is 0.680. The summed E-state index contributed by atoms with van der Waals surface area (Å²) in [6, 6.07) is 14.7.